The van der Waals surface area contributed by atoms with Crippen molar-refractivity contribution in [3.63, 3.8) is 0 Å². The highest BCUT2D eigenvalue weighted by atomic mass is 32.3. The normalized spacial score (nSPS) is 18.3. The van der Waals surface area contributed by atoms with Crippen LogP contribution in [0.5, 0.6) is 5.75 Å². The summed E-state index contributed by atoms with van der Waals surface area (Å²) in [6, 6.07) is 6.03. The van der Waals surface area contributed by atoms with Gasteiger partial charge in [-0.25, -0.2) is 4.79 Å². The molecule has 0 radical (unpaired) electrons. The number of alkyl carbamates (subject to hydrolysis) is 1. The highest BCUT2D eigenvalue weighted by Gasteiger charge is 2.26. The summed E-state index contributed by atoms with van der Waals surface area (Å²) >= 11 is 0. The maximum atomic E-state index is 12.6. The van der Waals surface area contributed by atoms with Gasteiger partial charge in [0.1, 0.15) is 11.4 Å². The number of carbonyl (C=O) groups is 1. The van der Waals surface area contributed by atoms with E-state index >= 15 is 0 Å². The van der Waals surface area contributed by atoms with Crippen molar-refractivity contribution in [3.8, 4) is 5.75 Å². The first-order valence-electron chi connectivity index (χ1n) is 7.50. The van der Waals surface area contributed by atoms with Crippen LogP contribution in [-0.2, 0) is 15.2 Å². The Kier molecular flexibility index (Phi) is 5.22. The number of carbonyl (C=O) groups excluding carboxylic acids is 1. The summed E-state index contributed by atoms with van der Waals surface area (Å²) in [6.07, 6.45) is 0.237. The molecule has 0 saturated carbocycles. The molecule has 1 aliphatic rings. The SMILES string of the molecule is CC(C)(C)OC(=O)N[C@H]1CCN(c2cccc(OS(=O)(=O)F)c2)C1. The van der Waals surface area contributed by atoms with E-state index in [0.717, 1.165) is 0 Å². The molecule has 1 saturated heterocycles. The topological polar surface area (TPSA) is 84.9 Å². The van der Waals surface area contributed by atoms with Crippen molar-refractivity contribution >= 4 is 22.3 Å². The minimum atomic E-state index is -5.05. The molecule has 0 unspecified atom stereocenters. The highest BCUT2D eigenvalue weighted by Crippen LogP contribution is 2.25. The van der Waals surface area contributed by atoms with Crippen LogP contribution in [0, 0.1) is 0 Å². The van der Waals surface area contributed by atoms with Gasteiger partial charge < -0.3 is 19.1 Å². The lowest BCUT2D eigenvalue weighted by Crippen LogP contribution is -2.40. The second-order valence-corrected chi connectivity index (χ2v) is 7.50. The van der Waals surface area contributed by atoms with Crippen molar-refractivity contribution in [3.05, 3.63) is 24.3 Å². The molecule has 0 spiro atoms. The molecule has 1 atom stereocenters. The smallest absolute Gasteiger partial charge is 0.444 e. The largest absolute Gasteiger partial charge is 0.488 e. The van der Waals surface area contributed by atoms with Gasteiger partial charge in [0.05, 0.1) is 6.04 Å². The van der Waals surface area contributed by atoms with Gasteiger partial charge in [-0.15, -0.1) is 0 Å². The Balaban J connectivity index is 1.96. The molecule has 1 fully saturated rings. The van der Waals surface area contributed by atoms with Gasteiger partial charge in [0.2, 0.25) is 0 Å². The van der Waals surface area contributed by atoms with Crippen molar-refractivity contribution in [1.29, 1.82) is 0 Å². The van der Waals surface area contributed by atoms with Crippen LogP contribution < -0.4 is 14.4 Å². The van der Waals surface area contributed by atoms with Gasteiger partial charge in [0.25, 0.3) is 0 Å². The van der Waals surface area contributed by atoms with E-state index in [9.17, 15) is 17.1 Å². The lowest BCUT2D eigenvalue weighted by atomic mass is 10.2. The minimum absolute atomic E-state index is 0.0886. The average Bonchev–Trinajstić information content (AvgIpc) is 2.83. The van der Waals surface area contributed by atoms with Crippen molar-refractivity contribution in [1.82, 2.24) is 5.32 Å². The van der Waals surface area contributed by atoms with Gasteiger partial charge in [-0.1, -0.05) is 9.95 Å². The zero-order valence-electron chi connectivity index (χ0n) is 13.8. The molecule has 1 amide bonds. The third-order valence-corrected chi connectivity index (χ3v) is 3.68. The van der Waals surface area contributed by atoms with Crippen LogP contribution in [0.25, 0.3) is 0 Å². The third kappa shape index (κ3) is 5.88. The molecule has 7 nitrogen and oxygen atoms in total. The second kappa shape index (κ2) is 6.84. The van der Waals surface area contributed by atoms with Gasteiger partial charge in [0, 0.05) is 24.8 Å². The molecule has 134 valence electrons. The quantitative estimate of drug-likeness (QED) is 0.830. The van der Waals surface area contributed by atoms with Crippen molar-refractivity contribution in [2.24, 2.45) is 0 Å². The fourth-order valence-corrected chi connectivity index (χ4v) is 2.77. The van der Waals surface area contributed by atoms with Crippen molar-refractivity contribution < 1.29 is 26.0 Å². The van der Waals surface area contributed by atoms with Gasteiger partial charge in [-0.2, -0.15) is 8.42 Å². The van der Waals surface area contributed by atoms with Gasteiger partial charge in [0.15, 0.2) is 0 Å². The predicted molar refractivity (Wildman–Crippen MR) is 87.1 cm³/mol. The molecule has 1 aromatic rings. The van der Waals surface area contributed by atoms with Gasteiger partial charge in [-0.05, 0) is 39.3 Å². The molecule has 2 rings (SSSR count). The van der Waals surface area contributed by atoms with E-state index in [1.165, 1.54) is 12.1 Å². The monoisotopic (exact) mass is 360 g/mol. The molecule has 1 heterocycles. The number of nitrogens with zero attached hydrogens (tertiary/aromatic N) is 1. The first kappa shape index (κ1) is 18.3. The fourth-order valence-electron chi connectivity index (χ4n) is 2.43. The van der Waals surface area contributed by atoms with E-state index in [4.69, 9.17) is 4.74 Å². The maximum absolute atomic E-state index is 12.6. The average molecular weight is 360 g/mol. The van der Waals surface area contributed by atoms with Crippen LogP contribution in [0.4, 0.5) is 14.4 Å². The Morgan fingerprint density at radius 3 is 2.71 bits per heavy atom. The lowest BCUT2D eigenvalue weighted by Gasteiger charge is -2.22. The van der Waals surface area contributed by atoms with Crippen molar-refractivity contribution in [2.45, 2.75) is 38.8 Å². The Labute approximate surface area is 141 Å². The number of ether oxygens (including phenoxy) is 1. The number of rotatable bonds is 4. The molecular weight excluding hydrogens is 339 g/mol. The number of anilines is 1. The zero-order chi connectivity index (χ0) is 18.0. The van der Waals surface area contributed by atoms with Crippen LogP contribution >= 0.6 is 0 Å². The van der Waals surface area contributed by atoms with Crippen LogP contribution in [0.3, 0.4) is 0 Å². The number of benzene rings is 1. The van der Waals surface area contributed by atoms with E-state index in [2.05, 4.69) is 9.50 Å². The molecule has 1 aliphatic heterocycles. The number of hydrogen-bond donors (Lipinski definition) is 1. The zero-order valence-corrected chi connectivity index (χ0v) is 14.6. The number of hydrogen-bond acceptors (Lipinski definition) is 6. The first-order chi connectivity index (χ1) is 11.0. The third-order valence-electron chi connectivity index (χ3n) is 3.29. The lowest BCUT2D eigenvalue weighted by molar-refractivity contribution is 0.0509. The second-order valence-electron chi connectivity index (χ2n) is 6.55. The summed E-state index contributed by atoms with van der Waals surface area (Å²) in [6.45, 7) is 6.56. The predicted octanol–water partition coefficient (Wildman–Crippen LogP) is 2.38. The van der Waals surface area contributed by atoms with E-state index in [1.807, 2.05) is 4.90 Å². The van der Waals surface area contributed by atoms with Gasteiger partial charge in [-0.3, -0.25) is 0 Å². The van der Waals surface area contributed by atoms with E-state index in [0.29, 0.717) is 25.2 Å². The maximum Gasteiger partial charge on any atom is 0.488 e. The fraction of sp³-hybridized carbons (Fsp3) is 0.533. The molecule has 1 N–H and O–H groups in total. The Hall–Kier alpha value is -2.03. The first-order valence-corrected chi connectivity index (χ1v) is 8.81. The Morgan fingerprint density at radius 2 is 2.08 bits per heavy atom. The summed E-state index contributed by atoms with van der Waals surface area (Å²) in [5.74, 6) is -0.0986. The molecule has 1 aromatic carbocycles. The molecule has 9 heteroatoms. The summed E-state index contributed by atoms with van der Waals surface area (Å²) in [4.78, 5) is 13.7. The summed E-state index contributed by atoms with van der Waals surface area (Å²) in [7, 11) is -5.05. The molecule has 0 aliphatic carbocycles. The molecule has 24 heavy (non-hydrogen) atoms. The summed E-state index contributed by atoms with van der Waals surface area (Å²) in [5, 5.41) is 2.80. The number of halogens is 1. The minimum Gasteiger partial charge on any atom is -0.444 e. The van der Waals surface area contributed by atoms with Crippen LogP contribution in [-0.4, -0.2) is 39.2 Å². The van der Waals surface area contributed by atoms with Gasteiger partial charge >= 0.3 is 16.6 Å². The van der Waals surface area contributed by atoms with Crippen LogP contribution in [0.1, 0.15) is 27.2 Å². The van der Waals surface area contributed by atoms with Crippen LogP contribution in [0.2, 0.25) is 0 Å². The van der Waals surface area contributed by atoms with E-state index < -0.39 is 22.2 Å². The number of amides is 1. The van der Waals surface area contributed by atoms with E-state index in [-0.39, 0.29) is 11.8 Å². The summed E-state index contributed by atoms with van der Waals surface area (Å²) < 4.78 is 43.2. The highest BCUT2D eigenvalue weighted by molar-refractivity contribution is 7.81. The number of nitrogens with one attached hydrogen (secondary N) is 1. The molecule has 0 bridgehead atoms. The Morgan fingerprint density at radius 1 is 1.38 bits per heavy atom. The Bertz CT molecular complexity index is 702. The summed E-state index contributed by atoms with van der Waals surface area (Å²) in [5.41, 5.74) is 0.121. The van der Waals surface area contributed by atoms with E-state index in [1.54, 1.807) is 32.9 Å². The standard InChI is InChI=1S/C15H21FN2O5S/c1-15(2,3)22-14(19)17-11-7-8-18(10-11)12-5-4-6-13(9-12)23-24(16,20)21/h4-6,9,11H,7-8,10H2,1-3H3,(H,17,19)/t11-/m0/s1. The molecule has 0 aromatic heterocycles. The molecular formula is C15H21FN2O5S. The van der Waals surface area contributed by atoms with Crippen molar-refractivity contribution in [2.75, 3.05) is 18.0 Å². The van der Waals surface area contributed by atoms with Crippen LogP contribution in [0.15, 0.2) is 24.3 Å².